The van der Waals surface area contributed by atoms with E-state index in [1.807, 2.05) is 0 Å². The molecule has 0 aliphatic carbocycles. The van der Waals surface area contributed by atoms with E-state index in [0.717, 1.165) is 0 Å². The summed E-state index contributed by atoms with van der Waals surface area (Å²) < 4.78 is 2.71. The molecule has 12 N–H and O–H groups in total. The number of carbonyl (C=O) groups is 2. The van der Waals surface area contributed by atoms with Gasteiger partial charge in [0.1, 0.15) is 5.56 Å². The number of aromatic nitrogens is 8. The summed E-state index contributed by atoms with van der Waals surface area (Å²) in [6.45, 7) is 0.717. The summed E-state index contributed by atoms with van der Waals surface area (Å²) in [6.07, 6.45) is 3.75. The molecule has 0 aliphatic rings. The first-order valence-electron chi connectivity index (χ1n) is 12.0. The van der Waals surface area contributed by atoms with Gasteiger partial charge in [-0.15, -0.1) is 20.5 Å². The van der Waals surface area contributed by atoms with Crippen LogP contribution in [0.5, 0.6) is 0 Å². The van der Waals surface area contributed by atoms with E-state index in [0.29, 0.717) is 25.8 Å². The highest BCUT2D eigenvalue weighted by atomic mass is 16.1. The highest BCUT2D eigenvalue weighted by molar-refractivity contribution is 5.96. The van der Waals surface area contributed by atoms with Gasteiger partial charge in [-0.3, -0.25) is 9.59 Å². The fourth-order valence-electron chi connectivity index (χ4n) is 3.50. The van der Waals surface area contributed by atoms with E-state index in [-0.39, 0.29) is 69.3 Å². The number of primary amides is 1. The summed E-state index contributed by atoms with van der Waals surface area (Å²) >= 11 is 0. The fourth-order valence-corrected chi connectivity index (χ4v) is 3.50. The molecule has 0 aliphatic heterocycles. The van der Waals surface area contributed by atoms with Gasteiger partial charge in [0.2, 0.25) is 11.9 Å². The molecule has 4 aromatic heterocycles. The zero-order valence-corrected chi connectivity index (χ0v) is 22.4. The second kappa shape index (κ2) is 12.3. The molecule has 42 heavy (non-hydrogen) atoms. The highest BCUT2D eigenvalue weighted by Gasteiger charge is 2.16. The van der Waals surface area contributed by atoms with Crippen LogP contribution >= 0.6 is 0 Å². The molecule has 218 valence electrons. The number of rotatable bonds is 12. The summed E-state index contributed by atoms with van der Waals surface area (Å²) in [4.78, 5) is 39.0. The number of hydrogen-bond acceptors (Lipinski definition) is 18. The largest absolute Gasteiger partial charge is 0.382 e. The predicted molar refractivity (Wildman–Crippen MR) is 152 cm³/mol. The molecule has 0 atom stereocenters. The second-order valence-electron chi connectivity index (χ2n) is 8.47. The van der Waals surface area contributed by atoms with E-state index in [1.165, 1.54) is 21.8 Å². The topological polar surface area (TPSA) is 325 Å². The fraction of sp³-hybridized carbons (Fsp3) is 0.238. The number of anilines is 6. The lowest BCUT2D eigenvalue weighted by Crippen LogP contribution is -2.13. The molecule has 0 unspecified atom stereocenters. The van der Waals surface area contributed by atoms with Crippen LogP contribution in [0, 0.1) is 0 Å². The minimum Gasteiger partial charge on any atom is -0.382 e. The standard InChI is InChI=1S/C21H27N19O2/c1-39-18(9(8-41)6-29-39)37-35-11-13(22)31-20(25)33-16(11)27-4-3-5-28-17-12(14(23)32-21(26)34-17)36-38-19-10(15(24)42)7-30-40(19)2/h6-8H,3-5H2,1-2H3,(H2,24,42)(H5,22,25,27,31,33)(H5,23,26,28,32,34)/b37-35+,38-36+. The number of hydrogen-bond donors (Lipinski definition) is 7. The Balaban J connectivity index is 1.45. The number of nitrogens with two attached hydrogens (primary N) is 5. The number of aryl methyl sites for hydroxylation is 2. The van der Waals surface area contributed by atoms with Gasteiger partial charge >= 0.3 is 0 Å². The van der Waals surface area contributed by atoms with E-state index < -0.39 is 5.91 Å². The van der Waals surface area contributed by atoms with Crippen LogP contribution in [0.25, 0.3) is 0 Å². The Hall–Kier alpha value is -6.28. The number of amides is 1. The van der Waals surface area contributed by atoms with Crippen LogP contribution in [0.1, 0.15) is 27.1 Å². The number of nitrogens with one attached hydrogen (secondary N) is 2. The first-order valence-corrected chi connectivity index (χ1v) is 12.0. The van der Waals surface area contributed by atoms with Gasteiger partial charge in [-0.2, -0.15) is 30.1 Å². The summed E-state index contributed by atoms with van der Waals surface area (Å²) in [5, 5.41) is 30.5. The van der Waals surface area contributed by atoms with Crippen LogP contribution in [-0.4, -0.2) is 64.8 Å². The number of azo groups is 2. The first-order chi connectivity index (χ1) is 20.1. The predicted octanol–water partition coefficient (Wildman–Crippen LogP) is 0.719. The Labute approximate surface area is 236 Å². The molecular weight excluding hydrogens is 550 g/mol. The van der Waals surface area contributed by atoms with Crippen LogP contribution in [-0.2, 0) is 14.1 Å². The lowest BCUT2D eigenvalue weighted by molar-refractivity contribution is 0.100. The van der Waals surface area contributed by atoms with E-state index in [9.17, 15) is 9.59 Å². The maximum Gasteiger partial charge on any atom is 0.254 e. The van der Waals surface area contributed by atoms with Crippen molar-refractivity contribution >= 4 is 70.4 Å². The van der Waals surface area contributed by atoms with Crippen molar-refractivity contribution in [3.63, 3.8) is 0 Å². The van der Waals surface area contributed by atoms with Crippen molar-refractivity contribution in [3.05, 3.63) is 23.5 Å². The van der Waals surface area contributed by atoms with Gasteiger partial charge in [0.25, 0.3) is 5.91 Å². The molecule has 21 nitrogen and oxygen atoms in total. The molecule has 1 amide bonds. The highest BCUT2D eigenvalue weighted by Crippen LogP contribution is 2.33. The number of aldehydes is 1. The molecule has 0 saturated carbocycles. The molecule has 4 heterocycles. The molecule has 4 rings (SSSR count). The molecule has 0 saturated heterocycles. The van der Waals surface area contributed by atoms with E-state index in [4.69, 9.17) is 28.7 Å². The second-order valence-corrected chi connectivity index (χ2v) is 8.47. The molecule has 0 fully saturated rings. The van der Waals surface area contributed by atoms with Crippen LogP contribution < -0.4 is 39.3 Å². The summed E-state index contributed by atoms with van der Waals surface area (Å²) in [7, 11) is 3.18. The zero-order chi connectivity index (χ0) is 30.4. The molecule has 21 heteroatoms. The van der Waals surface area contributed by atoms with Gasteiger partial charge in [-0.05, 0) is 6.42 Å². The molecule has 0 spiro atoms. The average Bonchev–Trinajstić information content (AvgIpc) is 3.48. The Bertz CT molecular complexity index is 1690. The van der Waals surface area contributed by atoms with Crippen LogP contribution in [0.4, 0.5) is 58.2 Å². The SMILES string of the molecule is Cn1ncc(C=O)c1/N=N/c1c(N)nc(N)nc1NCCCNc1nc(N)nc(N)c1/N=N/c1c(C(N)=O)cnn1C. The lowest BCUT2D eigenvalue weighted by atomic mass is 10.3. The maximum atomic E-state index is 11.7. The third kappa shape index (κ3) is 6.30. The van der Waals surface area contributed by atoms with Crippen LogP contribution in [0.2, 0.25) is 0 Å². The summed E-state index contributed by atoms with van der Waals surface area (Å²) in [5.41, 5.74) is 29.4. The monoisotopic (exact) mass is 577 g/mol. The van der Waals surface area contributed by atoms with E-state index in [2.05, 4.69) is 61.2 Å². The first kappa shape index (κ1) is 28.7. The van der Waals surface area contributed by atoms with Crippen molar-refractivity contribution in [2.45, 2.75) is 6.42 Å². The Morgan fingerprint density at radius 2 is 1.31 bits per heavy atom. The quantitative estimate of drug-likeness (QED) is 0.0692. The molecule has 0 aromatic carbocycles. The van der Waals surface area contributed by atoms with Crippen molar-refractivity contribution < 1.29 is 9.59 Å². The Kier molecular flexibility index (Phi) is 8.39. The Morgan fingerprint density at radius 3 is 1.83 bits per heavy atom. The van der Waals surface area contributed by atoms with E-state index in [1.54, 1.807) is 14.1 Å². The third-order valence-corrected chi connectivity index (χ3v) is 5.52. The smallest absolute Gasteiger partial charge is 0.254 e. The van der Waals surface area contributed by atoms with Gasteiger partial charge in [-0.1, -0.05) is 0 Å². The van der Waals surface area contributed by atoms with Gasteiger partial charge < -0.3 is 39.3 Å². The van der Waals surface area contributed by atoms with Gasteiger partial charge in [0.15, 0.2) is 52.6 Å². The molecule has 4 aromatic rings. The van der Waals surface area contributed by atoms with Gasteiger partial charge in [0.05, 0.1) is 18.0 Å². The van der Waals surface area contributed by atoms with Crippen molar-refractivity contribution in [1.82, 2.24) is 39.5 Å². The minimum absolute atomic E-state index is 0.0171. The number of nitrogens with zero attached hydrogens (tertiary/aromatic N) is 12. The van der Waals surface area contributed by atoms with Crippen molar-refractivity contribution in [1.29, 1.82) is 0 Å². The minimum atomic E-state index is -0.719. The summed E-state index contributed by atoms with van der Waals surface area (Å²) in [6, 6.07) is 0. The molecule has 0 bridgehead atoms. The zero-order valence-electron chi connectivity index (χ0n) is 22.4. The molecular formula is C21H27N19O2. The third-order valence-electron chi connectivity index (χ3n) is 5.52. The van der Waals surface area contributed by atoms with Gasteiger partial charge in [0, 0.05) is 27.2 Å². The van der Waals surface area contributed by atoms with E-state index >= 15 is 0 Å². The lowest BCUT2D eigenvalue weighted by Gasteiger charge is -2.12. The van der Waals surface area contributed by atoms with Crippen molar-refractivity contribution in [2.24, 2.45) is 40.3 Å². The van der Waals surface area contributed by atoms with Gasteiger partial charge in [-0.25, -0.2) is 9.36 Å². The Morgan fingerprint density at radius 1 is 0.810 bits per heavy atom. The van der Waals surface area contributed by atoms with Crippen LogP contribution in [0.15, 0.2) is 32.9 Å². The van der Waals surface area contributed by atoms with Crippen molar-refractivity contribution in [2.75, 3.05) is 46.7 Å². The average molecular weight is 578 g/mol. The van der Waals surface area contributed by atoms with Crippen molar-refractivity contribution in [3.8, 4) is 0 Å². The maximum absolute atomic E-state index is 11.7. The number of carbonyl (C=O) groups excluding carboxylic acids is 2. The molecule has 0 radical (unpaired) electrons. The summed E-state index contributed by atoms with van der Waals surface area (Å²) in [5.74, 6) is -0.153. The van der Waals surface area contributed by atoms with Crippen LogP contribution in [0.3, 0.4) is 0 Å². The number of nitrogen functional groups attached to an aromatic ring is 4. The normalized spacial score (nSPS) is 11.4.